The standard InChI is InChI=1S/C16H17N3OS/c1-19(9-8-12-5-4-10-21-12)11-15-17-14-7-3-2-6-13(14)16(20)18-15/h2-7,10H,8-9,11H2,1H3,(H,17,18,20). The summed E-state index contributed by atoms with van der Waals surface area (Å²) >= 11 is 1.78. The van der Waals surface area contributed by atoms with Crippen molar-refractivity contribution in [3.05, 3.63) is 62.8 Å². The van der Waals surface area contributed by atoms with E-state index in [1.54, 1.807) is 17.4 Å². The molecule has 0 atom stereocenters. The Hall–Kier alpha value is -1.98. The van der Waals surface area contributed by atoms with Gasteiger partial charge >= 0.3 is 0 Å². The Balaban J connectivity index is 1.71. The lowest BCUT2D eigenvalue weighted by atomic mass is 10.2. The molecular formula is C16H17N3OS. The minimum absolute atomic E-state index is 0.0674. The second-order valence-corrected chi connectivity index (χ2v) is 6.13. The number of benzene rings is 1. The molecular weight excluding hydrogens is 282 g/mol. The molecule has 0 fully saturated rings. The van der Waals surface area contributed by atoms with Crippen LogP contribution >= 0.6 is 11.3 Å². The van der Waals surface area contributed by atoms with Crippen LogP contribution in [-0.4, -0.2) is 28.5 Å². The molecule has 0 aliphatic carbocycles. The van der Waals surface area contributed by atoms with Gasteiger partial charge in [-0.2, -0.15) is 0 Å². The fourth-order valence-electron chi connectivity index (χ4n) is 2.30. The van der Waals surface area contributed by atoms with Crippen LogP contribution in [0.5, 0.6) is 0 Å². The number of nitrogens with zero attached hydrogens (tertiary/aromatic N) is 2. The van der Waals surface area contributed by atoms with E-state index in [0.717, 1.165) is 18.5 Å². The van der Waals surface area contributed by atoms with Gasteiger partial charge in [-0.3, -0.25) is 9.69 Å². The van der Waals surface area contributed by atoms with Gasteiger partial charge in [0, 0.05) is 11.4 Å². The zero-order valence-corrected chi connectivity index (χ0v) is 12.7. The third-order valence-corrected chi connectivity index (χ3v) is 4.34. The number of likely N-dealkylation sites (N-methyl/N-ethyl adjacent to an activating group) is 1. The normalized spacial score (nSPS) is 11.3. The molecule has 2 aromatic heterocycles. The maximum absolute atomic E-state index is 12.0. The third-order valence-electron chi connectivity index (χ3n) is 3.40. The van der Waals surface area contributed by atoms with Crippen LogP contribution in [0.2, 0.25) is 0 Å². The lowest BCUT2D eigenvalue weighted by Gasteiger charge is -2.15. The number of aromatic amines is 1. The highest BCUT2D eigenvalue weighted by molar-refractivity contribution is 7.09. The van der Waals surface area contributed by atoms with Gasteiger partial charge in [0.2, 0.25) is 0 Å². The fraction of sp³-hybridized carbons (Fsp3) is 0.250. The summed E-state index contributed by atoms with van der Waals surface area (Å²) in [5.74, 6) is 0.715. The molecule has 1 aromatic carbocycles. The molecule has 5 heteroatoms. The van der Waals surface area contributed by atoms with Crippen molar-refractivity contribution < 1.29 is 0 Å². The molecule has 3 rings (SSSR count). The molecule has 0 amide bonds. The summed E-state index contributed by atoms with van der Waals surface area (Å²) in [7, 11) is 2.04. The number of H-pyrrole nitrogens is 1. The van der Waals surface area contributed by atoms with Gasteiger partial charge in [-0.1, -0.05) is 18.2 Å². The van der Waals surface area contributed by atoms with Crippen molar-refractivity contribution in [2.45, 2.75) is 13.0 Å². The van der Waals surface area contributed by atoms with E-state index >= 15 is 0 Å². The Morgan fingerprint density at radius 1 is 1.24 bits per heavy atom. The van der Waals surface area contributed by atoms with Crippen molar-refractivity contribution in [2.75, 3.05) is 13.6 Å². The Labute approximate surface area is 127 Å². The molecule has 0 saturated carbocycles. The number of nitrogens with one attached hydrogen (secondary N) is 1. The molecule has 0 saturated heterocycles. The third kappa shape index (κ3) is 3.37. The molecule has 0 spiro atoms. The van der Waals surface area contributed by atoms with Crippen LogP contribution in [0.25, 0.3) is 10.9 Å². The highest BCUT2D eigenvalue weighted by atomic mass is 32.1. The van der Waals surface area contributed by atoms with Crippen LogP contribution < -0.4 is 5.56 Å². The minimum atomic E-state index is -0.0674. The van der Waals surface area contributed by atoms with Crippen molar-refractivity contribution in [1.29, 1.82) is 0 Å². The van der Waals surface area contributed by atoms with Gasteiger partial charge in [0.05, 0.1) is 17.4 Å². The Morgan fingerprint density at radius 2 is 2.10 bits per heavy atom. The molecule has 21 heavy (non-hydrogen) atoms. The Kier molecular flexibility index (Phi) is 4.13. The first kappa shape index (κ1) is 14.0. The summed E-state index contributed by atoms with van der Waals surface area (Å²) in [4.78, 5) is 23.0. The van der Waals surface area contributed by atoms with Gasteiger partial charge in [0.25, 0.3) is 5.56 Å². The SMILES string of the molecule is CN(CCc1cccs1)Cc1nc2ccccc2c(=O)[nH]1. The number of para-hydroxylation sites is 1. The summed E-state index contributed by atoms with van der Waals surface area (Å²) in [6, 6.07) is 11.6. The average molecular weight is 299 g/mol. The van der Waals surface area contributed by atoms with Crippen LogP contribution in [0.1, 0.15) is 10.7 Å². The topological polar surface area (TPSA) is 49.0 Å². The van der Waals surface area contributed by atoms with E-state index in [9.17, 15) is 4.79 Å². The van der Waals surface area contributed by atoms with Crippen molar-refractivity contribution in [1.82, 2.24) is 14.9 Å². The quantitative estimate of drug-likeness (QED) is 0.788. The zero-order chi connectivity index (χ0) is 14.7. The van der Waals surface area contributed by atoms with Gasteiger partial charge < -0.3 is 4.98 Å². The molecule has 1 N–H and O–H groups in total. The molecule has 2 heterocycles. The van der Waals surface area contributed by atoms with E-state index in [-0.39, 0.29) is 5.56 Å². The van der Waals surface area contributed by atoms with Crippen LogP contribution in [-0.2, 0) is 13.0 Å². The number of fused-ring (bicyclic) bond motifs is 1. The monoisotopic (exact) mass is 299 g/mol. The highest BCUT2D eigenvalue weighted by Gasteiger charge is 2.06. The number of hydrogen-bond donors (Lipinski definition) is 1. The summed E-state index contributed by atoms with van der Waals surface area (Å²) in [5.41, 5.74) is 0.685. The fourth-order valence-corrected chi connectivity index (χ4v) is 3.00. The molecule has 0 bridgehead atoms. The van der Waals surface area contributed by atoms with Crippen molar-refractivity contribution in [3.63, 3.8) is 0 Å². The van der Waals surface area contributed by atoms with E-state index in [1.165, 1.54) is 4.88 Å². The maximum atomic E-state index is 12.0. The Bertz CT molecular complexity index is 780. The average Bonchev–Trinajstić information content (AvgIpc) is 2.98. The van der Waals surface area contributed by atoms with Gasteiger partial charge in [-0.15, -0.1) is 11.3 Å². The first-order valence-electron chi connectivity index (χ1n) is 6.91. The zero-order valence-electron chi connectivity index (χ0n) is 11.9. The van der Waals surface area contributed by atoms with Crippen LogP contribution in [0, 0.1) is 0 Å². The number of thiophene rings is 1. The van der Waals surface area contributed by atoms with Gasteiger partial charge in [0.1, 0.15) is 5.82 Å². The lowest BCUT2D eigenvalue weighted by molar-refractivity contribution is 0.323. The van der Waals surface area contributed by atoms with Crippen LogP contribution in [0.15, 0.2) is 46.6 Å². The van der Waals surface area contributed by atoms with Crippen molar-refractivity contribution in [3.8, 4) is 0 Å². The van der Waals surface area contributed by atoms with E-state index < -0.39 is 0 Å². The molecule has 0 aliphatic rings. The van der Waals surface area contributed by atoms with Crippen molar-refractivity contribution >= 4 is 22.2 Å². The predicted octanol–water partition coefficient (Wildman–Crippen LogP) is 2.66. The molecule has 0 unspecified atom stereocenters. The van der Waals surface area contributed by atoms with Crippen LogP contribution in [0.3, 0.4) is 0 Å². The second kappa shape index (κ2) is 6.20. The first-order chi connectivity index (χ1) is 10.2. The summed E-state index contributed by atoms with van der Waals surface area (Å²) in [5, 5.41) is 2.74. The second-order valence-electron chi connectivity index (χ2n) is 5.10. The van der Waals surface area contributed by atoms with E-state index in [1.807, 2.05) is 25.2 Å². The molecule has 0 aliphatic heterocycles. The van der Waals surface area contributed by atoms with Gasteiger partial charge in [-0.05, 0) is 37.0 Å². The largest absolute Gasteiger partial charge is 0.309 e. The van der Waals surface area contributed by atoms with Gasteiger partial charge in [-0.25, -0.2) is 4.98 Å². The van der Waals surface area contributed by atoms with Crippen molar-refractivity contribution in [2.24, 2.45) is 0 Å². The van der Waals surface area contributed by atoms with Gasteiger partial charge in [0.15, 0.2) is 0 Å². The number of rotatable bonds is 5. The molecule has 4 nitrogen and oxygen atoms in total. The maximum Gasteiger partial charge on any atom is 0.258 e. The Morgan fingerprint density at radius 3 is 2.90 bits per heavy atom. The molecule has 108 valence electrons. The number of aromatic nitrogens is 2. The van der Waals surface area contributed by atoms with Crippen LogP contribution in [0.4, 0.5) is 0 Å². The van der Waals surface area contributed by atoms with E-state index in [2.05, 4.69) is 32.4 Å². The number of hydrogen-bond acceptors (Lipinski definition) is 4. The smallest absolute Gasteiger partial charge is 0.258 e. The summed E-state index contributed by atoms with van der Waals surface area (Å²) < 4.78 is 0. The summed E-state index contributed by atoms with van der Waals surface area (Å²) in [6.07, 6.45) is 1.02. The molecule has 3 aromatic rings. The van der Waals surface area contributed by atoms with E-state index in [0.29, 0.717) is 17.8 Å². The predicted molar refractivity (Wildman–Crippen MR) is 86.7 cm³/mol. The highest BCUT2D eigenvalue weighted by Crippen LogP contribution is 2.10. The lowest BCUT2D eigenvalue weighted by Crippen LogP contribution is -2.24. The minimum Gasteiger partial charge on any atom is -0.309 e. The first-order valence-corrected chi connectivity index (χ1v) is 7.79. The molecule has 0 radical (unpaired) electrons. The van der Waals surface area contributed by atoms with E-state index in [4.69, 9.17) is 0 Å². The summed E-state index contributed by atoms with van der Waals surface area (Å²) in [6.45, 7) is 1.59.